The molecule has 5 aromatic carbocycles. The van der Waals surface area contributed by atoms with Crippen LogP contribution in [-0.4, -0.2) is 14.5 Å². The van der Waals surface area contributed by atoms with Crippen LogP contribution in [0.1, 0.15) is 60.3 Å². The second kappa shape index (κ2) is 14.3. The summed E-state index contributed by atoms with van der Waals surface area (Å²) >= 11 is 0. The fourth-order valence-electron chi connectivity index (χ4n) is 6.19. The Labute approximate surface area is 304 Å². The Morgan fingerprint density at radius 2 is 1.49 bits per heavy atom. The second-order valence-electron chi connectivity index (χ2n) is 12.4. The van der Waals surface area contributed by atoms with E-state index in [-0.39, 0.29) is 37.1 Å². The van der Waals surface area contributed by atoms with Gasteiger partial charge in [-0.3, -0.25) is 4.98 Å². The van der Waals surface area contributed by atoms with Crippen molar-refractivity contribution in [1.29, 1.82) is 0 Å². The molecular formula is C43H36FIrN3O-2. The van der Waals surface area contributed by atoms with Crippen LogP contribution in [0.4, 0.5) is 4.39 Å². The van der Waals surface area contributed by atoms with Crippen molar-refractivity contribution in [3.8, 4) is 28.3 Å². The molecule has 0 aliphatic heterocycles. The molecule has 4 nitrogen and oxygen atoms in total. The number of hydrogen-bond acceptors (Lipinski definition) is 3. The third kappa shape index (κ3) is 6.47. The van der Waals surface area contributed by atoms with Crippen molar-refractivity contribution in [3.63, 3.8) is 0 Å². The Morgan fingerprint density at radius 1 is 0.755 bits per heavy atom. The van der Waals surface area contributed by atoms with Crippen molar-refractivity contribution in [3.05, 3.63) is 150 Å². The van der Waals surface area contributed by atoms with Gasteiger partial charge >= 0.3 is 0 Å². The standard InChI is InChI=1S/C31H26FN2O.C12H10N.Ir/c1-18(2)20-10-7-11-21(19(3)4)28(20)34-27-17-6-5-16-26(27)33-31(34)24-14-8-12-22-23-13-9-15-25(32)30(23)35-29(22)24;1-10-7-8-12(13-9-10)11-5-3-2-4-6-11;/h5-13,15-19H,1-4H3;2-5,7-9H,1H3;/q2*-1;/i;1D3;. The average molecular weight is 825 g/mol. The molecule has 6 heteroatoms. The molecule has 0 saturated heterocycles. The minimum absolute atomic E-state index is 0. The molecular weight excluding hydrogens is 786 g/mol. The van der Waals surface area contributed by atoms with Crippen LogP contribution in [0.5, 0.6) is 0 Å². The number of para-hydroxylation sites is 4. The molecule has 0 bridgehead atoms. The van der Waals surface area contributed by atoms with E-state index >= 15 is 0 Å². The van der Waals surface area contributed by atoms with Gasteiger partial charge in [-0.05, 0) is 59.3 Å². The molecule has 8 rings (SSSR count). The first kappa shape index (κ1) is 30.2. The molecule has 0 aliphatic carbocycles. The summed E-state index contributed by atoms with van der Waals surface area (Å²) in [6.07, 6.45) is 1.39. The van der Waals surface area contributed by atoms with E-state index in [2.05, 4.69) is 73.6 Å². The summed E-state index contributed by atoms with van der Waals surface area (Å²) in [6.45, 7) is 6.78. The summed E-state index contributed by atoms with van der Waals surface area (Å²) in [5.74, 6) is 1.01. The average Bonchev–Trinajstić information content (AvgIpc) is 3.71. The Bertz CT molecular complexity index is 2460. The monoisotopic (exact) mass is 825 g/mol. The maximum Gasteiger partial charge on any atom is 0.165 e. The largest absolute Gasteiger partial charge is 0.497 e. The maximum atomic E-state index is 14.6. The first-order valence-corrected chi connectivity index (χ1v) is 16.1. The van der Waals surface area contributed by atoms with Crippen molar-refractivity contribution in [2.24, 2.45) is 0 Å². The Morgan fingerprint density at radius 3 is 2.18 bits per heavy atom. The van der Waals surface area contributed by atoms with Crippen molar-refractivity contribution >= 4 is 33.0 Å². The van der Waals surface area contributed by atoms with Gasteiger partial charge < -0.3 is 14.0 Å². The molecule has 0 N–H and O–H groups in total. The van der Waals surface area contributed by atoms with Crippen molar-refractivity contribution < 1.29 is 33.0 Å². The van der Waals surface area contributed by atoms with E-state index in [1.807, 2.05) is 54.6 Å². The zero-order valence-electron chi connectivity index (χ0n) is 30.6. The second-order valence-corrected chi connectivity index (χ2v) is 12.4. The van der Waals surface area contributed by atoms with Gasteiger partial charge in [0, 0.05) is 41.5 Å². The van der Waals surface area contributed by atoms with Gasteiger partial charge in [0.25, 0.3) is 0 Å². The topological polar surface area (TPSA) is 43.9 Å². The molecule has 3 aromatic heterocycles. The van der Waals surface area contributed by atoms with Crippen LogP contribution >= 0.6 is 0 Å². The van der Waals surface area contributed by atoms with Gasteiger partial charge in [0.05, 0.1) is 22.4 Å². The fraction of sp³-hybridized carbons (Fsp3) is 0.163. The third-order valence-electron chi connectivity index (χ3n) is 8.51. The number of benzene rings is 5. The van der Waals surface area contributed by atoms with Crippen LogP contribution in [0.3, 0.4) is 0 Å². The number of halogens is 1. The smallest absolute Gasteiger partial charge is 0.165 e. The van der Waals surface area contributed by atoms with Crippen LogP contribution in [0.15, 0.2) is 120 Å². The van der Waals surface area contributed by atoms with E-state index in [0.29, 0.717) is 17.4 Å². The van der Waals surface area contributed by atoms with E-state index in [1.54, 1.807) is 24.3 Å². The Kier molecular flexibility index (Phi) is 8.80. The third-order valence-corrected chi connectivity index (χ3v) is 8.51. The summed E-state index contributed by atoms with van der Waals surface area (Å²) in [6, 6.07) is 40.7. The molecule has 0 fully saturated rings. The minimum atomic E-state index is -2.09. The quantitative estimate of drug-likeness (QED) is 0.162. The van der Waals surface area contributed by atoms with Crippen LogP contribution in [0, 0.1) is 24.8 Å². The number of aryl methyl sites for hydroxylation is 1. The molecule has 0 saturated carbocycles. The summed E-state index contributed by atoms with van der Waals surface area (Å²) in [4.78, 5) is 9.21. The first-order valence-electron chi connectivity index (χ1n) is 17.6. The molecule has 0 aliphatic rings. The molecule has 49 heavy (non-hydrogen) atoms. The van der Waals surface area contributed by atoms with E-state index in [4.69, 9.17) is 13.5 Å². The van der Waals surface area contributed by atoms with Gasteiger partial charge in [-0.15, -0.1) is 54.1 Å². The van der Waals surface area contributed by atoms with E-state index in [0.717, 1.165) is 50.1 Å². The molecule has 8 aromatic rings. The minimum Gasteiger partial charge on any atom is -0.497 e. The maximum absolute atomic E-state index is 14.6. The number of imidazole rings is 1. The van der Waals surface area contributed by atoms with Gasteiger partial charge in [-0.1, -0.05) is 93.2 Å². The summed E-state index contributed by atoms with van der Waals surface area (Å²) in [5.41, 5.74) is 8.99. The number of fused-ring (bicyclic) bond motifs is 4. The zero-order chi connectivity index (χ0) is 35.9. The normalized spacial score (nSPS) is 12.4. The molecule has 0 amide bonds. The fourth-order valence-corrected chi connectivity index (χ4v) is 6.19. The van der Waals surface area contributed by atoms with Crippen molar-refractivity contribution in [2.75, 3.05) is 0 Å². The number of hydrogen-bond donors (Lipinski definition) is 0. The number of pyridine rings is 1. The zero-order valence-corrected chi connectivity index (χ0v) is 30.0. The van der Waals surface area contributed by atoms with Crippen LogP contribution < -0.4 is 0 Å². The first-order chi connectivity index (χ1) is 24.5. The summed E-state index contributed by atoms with van der Waals surface area (Å²) in [5, 5.41) is 1.61. The predicted molar refractivity (Wildman–Crippen MR) is 194 cm³/mol. The van der Waals surface area contributed by atoms with Crippen LogP contribution in [-0.2, 0) is 20.1 Å². The van der Waals surface area contributed by atoms with Crippen molar-refractivity contribution in [2.45, 2.75) is 46.4 Å². The Balaban J connectivity index is 0.000000230. The van der Waals surface area contributed by atoms with Crippen LogP contribution in [0.2, 0.25) is 0 Å². The molecule has 1 radical (unpaired) electrons. The SMILES string of the molecule is CC(C)c1cccc(C(C)C)c1-n1c(-c2[c-]ccc3c2oc2c(F)cccc23)nc2ccccc21.[2H]C([2H])([2H])c1ccc(-c2[c-]cccc2)nc1.[Ir]. The van der Waals surface area contributed by atoms with Gasteiger partial charge in [0.1, 0.15) is 0 Å². The molecule has 0 spiro atoms. The number of rotatable bonds is 5. The molecule has 247 valence electrons. The molecule has 0 atom stereocenters. The van der Waals surface area contributed by atoms with Gasteiger partial charge in [-0.25, -0.2) is 4.39 Å². The number of nitrogens with zero attached hydrogens (tertiary/aromatic N) is 3. The van der Waals surface area contributed by atoms with Gasteiger partial charge in [0.15, 0.2) is 11.4 Å². The van der Waals surface area contributed by atoms with Crippen LogP contribution in [0.25, 0.3) is 61.3 Å². The van der Waals surface area contributed by atoms with E-state index in [1.165, 1.54) is 23.4 Å². The predicted octanol–water partition coefficient (Wildman–Crippen LogP) is 11.6. The van der Waals surface area contributed by atoms with Gasteiger partial charge in [-0.2, -0.15) is 0 Å². The van der Waals surface area contributed by atoms with Gasteiger partial charge in [0.2, 0.25) is 0 Å². The number of furan rings is 1. The summed E-state index contributed by atoms with van der Waals surface area (Å²) < 4.78 is 44.7. The van der Waals surface area contributed by atoms with Crippen molar-refractivity contribution in [1.82, 2.24) is 14.5 Å². The summed E-state index contributed by atoms with van der Waals surface area (Å²) in [7, 11) is 0. The molecule has 0 unspecified atom stereocenters. The number of aromatic nitrogens is 3. The van der Waals surface area contributed by atoms with E-state index < -0.39 is 6.85 Å². The Hall–Kier alpha value is -4.90. The molecule has 3 heterocycles. The van der Waals surface area contributed by atoms with E-state index in [9.17, 15) is 4.39 Å².